The first-order valence-corrected chi connectivity index (χ1v) is 10.0. The van der Waals surface area contributed by atoms with E-state index in [2.05, 4.69) is 13.8 Å². The maximum Gasteiger partial charge on any atom is 0.167 e. The number of unbranched alkanes of at least 4 members (excludes halogenated alkanes) is 5. The van der Waals surface area contributed by atoms with Crippen LogP contribution in [0.5, 0.6) is 0 Å². The number of hydrogen-bond donors (Lipinski definition) is 0. The third-order valence-electron chi connectivity index (χ3n) is 5.03. The van der Waals surface area contributed by atoms with Crippen molar-refractivity contribution in [3.05, 3.63) is 0 Å². The van der Waals surface area contributed by atoms with Gasteiger partial charge in [-0.25, -0.2) is 0 Å². The average Bonchev–Trinajstić information content (AvgIpc) is 3.40. The summed E-state index contributed by atoms with van der Waals surface area (Å²) < 4.78 is 22.6. The maximum atomic E-state index is 5.96. The summed E-state index contributed by atoms with van der Waals surface area (Å²) >= 11 is 0. The maximum absolute atomic E-state index is 5.96. The minimum absolute atomic E-state index is 0.358. The number of rotatable bonds is 17. The number of hydrogen-bond acceptors (Lipinski definition) is 4. The molecule has 0 spiro atoms. The van der Waals surface area contributed by atoms with E-state index in [0.717, 1.165) is 32.7 Å². The van der Waals surface area contributed by atoms with Gasteiger partial charge in [0.15, 0.2) is 5.79 Å². The smallest absolute Gasteiger partial charge is 0.167 e. The molecular formula is C20H40O4. The van der Waals surface area contributed by atoms with E-state index in [0.29, 0.717) is 18.6 Å². The average molecular weight is 345 g/mol. The first-order chi connectivity index (χ1) is 11.7. The van der Waals surface area contributed by atoms with Crippen LogP contribution in [0, 0.1) is 5.92 Å². The topological polar surface area (TPSA) is 40.2 Å². The zero-order chi connectivity index (χ0) is 17.7. The van der Waals surface area contributed by atoms with E-state index in [1.165, 1.54) is 44.9 Å². The van der Waals surface area contributed by atoms with Gasteiger partial charge in [0.25, 0.3) is 0 Å². The van der Waals surface area contributed by atoms with Crippen LogP contribution in [0.2, 0.25) is 0 Å². The molecule has 0 aliphatic carbocycles. The second-order valence-corrected chi connectivity index (χ2v) is 7.08. The van der Waals surface area contributed by atoms with Gasteiger partial charge in [-0.2, -0.15) is 0 Å². The molecule has 3 atom stereocenters. The Kier molecular flexibility index (Phi) is 11.9. The molecule has 0 bridgehead atoms. The highest BCUT2D eigenvalue weighted by Gasteiger charge is 2.34. The second kappa shape index (κ2) is 13.1. The highest BCUT2D eigenvalue weighted by molar-refractivity contribution is 4.76. The van der Waals surface area contributed by atoms with Gasteiger partial charge in [-0.05, 0) is 33.1 Å². The van der Waals surface area contributed by atoms with Crippen molar-refractivity contribution in [1.29, 1.82) is 0 Å². The van der Waals surface area contributed by atoms with Gasteiger partial charge in [0.1, 0.15) is 6.10 Å². The van der Waals surface area contributed by atoms with Crippen molar-refractivity contribution in [3.8, 4) is 0 Å². The van der Waals surface area contributed by atoms with Crippen molar-refractivity contribution in [2.75, 3.05) is 33.5 Å². The first-order valence-electron chi connectivity index (χ1n) is 10.0. The Bertz CT molecular complexity index is 293. The molecule has 0 radical (unpaired) electrons. The van der Waals surface area contributed by atoms with Gasteiger partial charge < -0.3 is 18.9 Å². The number of methoxy groups -OCH3 is 1. The monoisotopic (exact) mass is 344 g/mol. The van der Waals surface area contributed by atoms with Crippen LogP contribution in [-0.2, 0) is 18.9 Å². The van der Waals surface area contributed by atoms with Gasteiger partial charge in [0.2, 0.25) is 0 Å². The Hall–Kier alpha value is -0.160. The molecule has 0 amide bonds. The fraction of sp³-hybridized carbons (Fsp3) is 1.00. The number of ether oxygens (including phenoxy) is 4. The lowest BCUT2D eigenvalue weighted by atomic mass is 9.88. The quantitative estimate of drug-likeness (QED) is 0.213. The van der Waals surface area contributed by atoms with Crippen LogP contribution in [-0.4, -0.2) is 45.4 Å². The van der Waals surface area contributed by atoms with E-state index in [1.807, 2.05) is 6.92 Å². The molecule has 1 fully saturated rings. The molecule has 0 aromatic rings. The van der Waals surface area contributed by atoms with Gasteiger partial charge in [0, 0.05) is 26.2 Å². The molecule has 0 N–H and O–H groups in total. The van der Waals surface area contributed by atoms with E-state index >= 15 is 0 Å². The standard InChI is InChI=1S/C20H40O4/c1-5-7-8-9-10-11-13-18(20(3,21-4)24-6-2)14-12-15-22-16-19-17-23-19/h18-19H,5-17H2,1-4H3. The third-order valence-corrected chi connectivity index (χ3v) is 5.03. The molecule has 1 aliphatic heterocycles. The molecule has 1 aliphatic rings. The van der Waals surface area contributed by atoms with Crippen molar-refractivity contribution < 1.29 is 18.9 Å². The fourth-order valence-corrected chi connectivity index (χ4v) is 3.28. The molecule has 0 aromatic heterocycles. The molecular weight excluding hydrogens is 304 g/mol. The minimum atomic E-state index is -0.474. The van der Waals surface area contributed by atoms with E-state index in [4.69, 9.17) is 18.9 Å². The van der Waals surface area contributed by atoms with Crippen molar-refractivity contribution >= 4 is 0 Å². The van der Waals surface area contributed by atoms with Crippen molar-refractivity contribution in [2.24, 2.45) is 5.92 Å². The van der Waals surface area contributed by atoms with Gasteiger partial charge in [-0.15, -0.1) is 0 Å². The predicted octanol–water partition coefficient (Wildman–Crippen LogP) is 4.95. The molecule has 144 valence electrons. The van der Waals surface area contributed by atoms with Crippen molar-refractivity contribution in [3.63, 3.8) is 0 Å². The Labute approximate surface area is 149 Å². The van der Waals surface area contributed by atoms with Crippen LogP contribution >= 0.6 is 0 Å². The predicted molar refractivity (Wildman–Crippen MR) is 98.3 cm³/mol. The van der Waals surface area contributed by atoms with Crippen LogP contribution in [0.1, 0.15) is 78.6 Å². The van der Waals surface area contributed by atoms with Crippen LogP contribution < -0.4 is 0 Å². The SMILES string of the molecule is CCCCCCCCC(CCCOCC1CO1)C(C)(OC)OCC. The summed E-state index contributed by atoms with van der Waals surface area (Å²) in [7, 11) is 1.77. The molecule has 0 aromatic carbocycles. The lowest BCUT2D eigenvalue weighted by Crippen LogP contribution is -2.40. The first kappa shape index (κ1) is 21.9. The van der Waals surface area contributed by atoms with Crippen molar-refractivity contribution in [2.45, 2.75) is 90.4 Å². The summed E-state index contributed by atoms with van der Waals surface area (Å²) in [6.07, 6.45) is 11.6. The normalized spacial score (nSPS) is 20.8. The Balaban J connectivity index is 2.30. The molecule has 24 heavy (non-hydrogen) atoms. The Morgan fingerprint density at radius 1 is 1.04 bits per heavy atom. The fourth-order valence-electron chi connectivity index (χ4n) is 3.28. The van der Waals surface area contributed by atoms with Crippen LogP contribution in [0.15, 0.2) is 0 Å². The van der Waals surface area contributed by atoms with Gasteiger partial charge in [0.05, 0.1) is 13.2 Å². The molecule has 4 heteroatoms. The zero-order valence-electron chi connectivity index (χ0n) is 16.5. The molecule has 0 saturated carbocycles. The zero-order valence-corrected chi connectivity index (χ0v) is 16.5. The van der Waals surface area contributed by atoms with Gasteiger partial charge >= 0.3 is 0 Å². The van der Waals surface area contributed by atoms with Gasteiger partial charge in [-0.1, -0.05) is 45.4 Å². The van der Waals surface area contributed by atoms with Crippen LogP contribution in [0.4, 0.5) is 0 Å². The number of epoxide rings is 1. The van der Waals surface area contributed by atoms with E-state index < -0.39 is 5.79 Å². The lowest BCUT2D eigenvalue weighted by molar-refractivity contribution is -0.243. The lowest BCUT2D eigenvalue weighted by Gasteiger charge is -2.36. The molecule has 3 unspecified atom stereocenters. The summed E-state index contributed by atoms with van der Waals surface area (Å²) in [5.41, 5.74) is 0. The summed E-state index contributed by atoms with van der Waals surface area (Å²) in [5, 5.41) is 0. The van der Waals surface area contributed by atoms with Crippen LogP contribution in [0.3, 0.4) is 0 Å². The second-order valence-electron chi connectivity index (χ2n) is 7.08. The highest BCUT2D eigenvalue weighted by Crippen LogP contribution is 2.32. The summed E-state index contributed by atoms with van der Waals surface area (Å²) in [4.78, 5) is 0. The van der Waals surface area contributed by atoms with E-state index in [9.17, 15) is 0 Å². The summed E-state index contributed by atoms with van der Waals surface area (Å²) in [6, 6.07) is 0. The molecule has 1 rings (SSSR count). The van der Waals surface area contributed by atoms with Crippen LogP contribution in [0.25, 0.3) is 0 Å². The Morgan fingerprint density at radius 3 is 2.33 bits per heavy atom. The van der Waals surface area contributed by atoms with Gasteiger partial charge in [-0.3, -0.25) is 0 Å². The minimum Gasteiger partial charge on any atom is -0.379 e. The molecule has 4 nitrogen and oxygen atoms in total. The van der Waals surface area contributed by atoms with Crippen molar-refractivity contribution in [1.82, 2.24) is 0 Å². The molecule has 1 heterocycles. The third kappa shape index (κ3) is 9.36. The molecule has 1 saturated heterocycles. The van der Waals surface area contributed by atoms with E-state index in [1.54, 1.807) is 7.11 Å². The van der Waals surface area contributed by atoms with E-state index in [-0.39, 0.29) is 0 Å². The summed E-state index contributed by atoms with van der Waals surface area (Å²) in [6.45, 7) is 9.50. The highest BCUT2D eigenvalue weighted by atomic mass is 16.7. The largest absolute Gasteiger partial charge is 0.379 e. The summed E-state index contributed by atoms with van der Waals surface area (Å²) in [5.74, 6) is -0.0491. The Morgan fingerprint density at radius 2 is 1.71 bits per heavy atom.